The van der Waals surface area contributed by atoms with E-state index in [2.05, 4.69) is 5.32 Å². The first kappa shape index (κ1) is 29.9. The van der Waals surface area contributed by atoms with Gasteiger partial charge in [-0.2, -0.15) is 12.7 Å². The van der Waals surface area contributed by atoms with Gasteiger partial charge in [0.1, 0.15) is 12.6 Å². The van der Waals surface area contributed by atoms with Crippen LogP contribution in [0.5, 0.6) is 0 Å². The number of amides is 2. The van der Waals surface area contributed by atoms with Crippen LogP contribution in [0.25, 0.3) is 0 Å². The Bertz CT molecular complexity index is 1130. The Balaban J connectivity index is 2.46. The van der Waals surface area contributed by atoms with Gasteiger partial charge in [-0.3, -0.25) is 9.59 Å². The highest BCUT2D eigenvalue weighted by molar-refractivity contribution is 7.90. The first-order valence-electron chi connectivity index (χ1n) is 11.8. The molecule has 36 heavy (non-hydrogen) atoms. The minimum atomic E-state index is -4.00. The summed E-state index contributed by atoms with van der Waals surface area (Å²) in [6.07, 6.45) is 2.07. The molecule has 0 aliphatic carbocycles. The maximum Gasteiger partial charge on any atom is 0.304 e. The second-order valence-electron chi connectivity index (χ2n) is 8.47. The topological polar surface area (TPSA) is 90.0 Å². The van der Waals surface area contributed by atoms with Crippen LogP contribution in [0.1, 0.15) is 38.7 Å². The quantitative estimate of drug-likeness (QED) is 0.372. The number of hydrogen-bond donors (Lipinski definition) is 1. The molecule has 0 saturated carbocycles. The highest BCUT2D eigenvalue weighted by Gasteiger charge is 2.33. The van der Waals surface area contributed by atoms with E-state index in [1.165, 1.54) is 19.0 Å². The molecule has 0 aliphatic heterocycles. The van der Waals surface area contributed by atoms with Crippen LogP contribution >= 0.6 is 23.2 Å². The van der Waals surface area contributed by atoms with Crippen LogP contribution in [-0.4, -0.2) is 62.7 Å². The molecule has 0 bridgehead atoms. The van der Waals surface area contributed by atoms with E-state index in [4.69, 9.17) is 23.2 Å². The smallest absolute Gasteiger partial charge is 0.304 e. The van der Waals surface area contributed by atoms with Gasteiger partial charge in [0.25, 0.3) is 0 Å². The van der Waals surface area contributed by atoms with Gasteiger partial charge in [-0.1, -0.05) is 67.7 Å². The minimum absolute atomic E-state index is 0.0556. The Kier molecular flexibility index (Phi) is 11.5. The molecule has 0 fully saturated rings. The average molecular weight is 558 g/mol. The molecule has 0 spiro atoms. The lowest BCUT2D eigenvalue weighted by molar-refractivity contribution is -0.140. The SMILES string of the molecule is CCCCNC(=O)[C@H](CC)N(Cc1ccc(Cl)c(Cl)c1)C(=O)CN(c1ccccc1)S(=O)(=O)N(C)C. The monoisotopic (exact) mass is 556 g/mol. The van der Waals surface area contributed by atoms with Crippen molar-refractivity contribution >= 4 is 50.9 Å². The van der Waals surface area contributed by atoms with Crippen molar-refractivity contribution in [2.75, 3.05) is 31.5 Å². The summed E-state index contributed by atoms with van der Waals surface area (Å²) in [6.45, 7) is 3.90. The lowest BCUT2D eigenvalue weighted by atomic mass is 10.1. The van der Waals surface area contributed by atoms with Gasteiger partial charge in [0.2, 0.25) is 11.8 Å². The molecule has 11 heteroatoms. The number of para-hydroxylation sites is 1. The predicted octanol–water partition coefficient (Wildman–Crippen LogP) is 4.33. The molecule has 0 heterocycles. The average Bonchev–Trinajstić information content (AvgIpc) is 2.84. The number of halogens is 2. The van der Waals surface area contributed by atoms with Gasteiger partial charge in [0, 0.05) is 27.2 Å². The van der Waals surface area contributed by atoms with Crippen molar-refractivity contribution in [3.05, 3.63) is 64.1 Å². The molecule has 2 aromatic carbocycles. The van der Waals surface area contributed by atoms with Gasteiger partial charge < -0.3 is 10.2 Å². The molecule has 8 nitrogen and oxygen atoms in total. The molecule has 198 valence electrons. The molecule has 1 N–H and O–H groups in total. The first-order valence-corrected chi connectivity index (χ1v) is 13.9. The number of carbonyl (C=O) groups is 2. The molecule has 2 amide bonds. The molecular formula is C25H34Cl2N4O4S. The molecule has 0 aromatic heterocycles. The van der Waals surface area contributed by atoms with E-state index in [1.54, 1.807) is 48.5 Å². The van der Waals surface area contributed by atoms with E-state index in [0.717, 1.165) is 21.5 Å². The number of unbranched alkanes of at least 4 members (excludes halogenated alkanes) is 1. The fourth-order valence-electron chi connectivity index (χ4n) is 3.57. The second-order valence-corrected chi connectivity index (χ2v) is 11.4. The molecule has 2 rings (SSSR count). The van der Waals surface area contributed by atoms with Gasteiger partial charge in [0.05, 0.1) is 15.7 Å². The largest absolute Gasteiger partial charge is 0.354 e. The van der Waals surface area contributed by atoms with Crippen molar-refractivity contribution in [1.29, 1.82) is 0 Å². The highest BCUT2D eigenvalue weighted by atomic mass is 35.5. The fraction of sp³-hybridized carbons (Fsp3) is 0.440. The molecule has 0 radical (unpaired) electrons. The zero-order valence-electron chi connectivity index (χ0n) is 21.1. The van der Waals surface area contributed by atoms with Crippen LogP contribution in [0.2, 0.25) is 10.0 Å². The van der Waals surface area contributed by atoms with Gasteiger partial charge in [-0.05, 0) is 42.7 Å². The lowest BCUT2D eigenvalue weighted by Gasteiger charge is -2.34. The number of rotatable bonds is 13. The van der Waals surface area contributed by atoms with Crippen molar-refractivity contribution in [3.8, 4) is 0 Å². The van der Waals surface area contributed by atoms with Crippen LogP contribution in [0.3, 0.4) is 0 Å². The summed E-state index contributed by atoms with van der Waals surface area (Å²) in [7, 11) is -1.19. The van der Waals surface area contributed by atoms with Crippen LogP contribution in [0.15, 0.2) is 48.5 Å². The number of carbonyl (C=O) groups excluding carboxylic acids is 2. The number of hydrogen-bond acceptors (Lipinski definition) is 4. The summed E-state index contributed by atoms with van der Waals surface area (Å²) in [4.78, 5) is 28.2. The Morgan fingerprint density at radius 1 is 1.00 bits per heavy atom. The van der Waals surface area contributed by atoms with Crippen molar-refractivity contribution in [1.82, 2.24) is 14.5 Å². The van der Waals surface area contributed by atoms with E-state index >= 15 is 0 Å². The van der Waals surface area contributed by atoms with E-state index in [-0.39, 0.29) is 12.5 Å². The van der Waals surface area contributed by atoms with Gasteiger partial charge in [0.15, 0.2) is 0 Å². The maximum absolute atomic E-state index is 13.7. The molecule has 2 aromatic rings. The first-order chi connectivity index (χ1) is 17.0. The molecule has 0 saturated heterocycles. The molecule has 0 aliphatic rings. The van der Waals surface area contributed by atoms with E-state index in [0.29, 0.717) is 34.3 Å². The third-order valence-corrected chi connectivity index (χ3v) is 8.17. The molecule has 0 unspecified atom stereocenters. The van der Waals surface area contributed by atoms with Crippen molar-refractivity contribution in [3.63, 3.8) is 0 Å². The third kappa shape index (κ3) is 7.83. The van der Waals surface area contributed by atoms with E-state index in [1.807, 2.05) is 13.8 Å². The Morgan fingerprint density at radius 3 is 2.22 bits per heavy atom. The Morgan fingerprint density at radius 2 is 1.67 bits per heavy atom. The lowest BCUT2D eigenvalue weighted by Crippen LogP contribution is -2.53. The van der Waals surface area contributed by atoms with Gasteiger partial charge >= 0.3 is 10.2 Å². The number of benzene rings is 2. The van der Waals surface area contributed by atoms with Crippen molar-refractivity contribution < 1.29 is 18.0 Å². The van der Waals surface area contributed by atoms with Crippen LogP contribution in [0, 0.1) is 0 Å². The zero-order chi connectivity index (χ0) is 26.9. The summed E-state index contributed by atoms with van der Waals surface area (Å²) in [5.74, 6) is -0.811. The zero-order valence-corrected chi connectivity index (χ0v) is 23.4. The molecule has 1 atom stereocenters. The van der Waals surface area contributed by atoms with Crippen LogP contribution in [-0.2, 0) is 26.3 Å². The highest BCUT2D eigenvalue weighted by Crippen LogP contribution is 2.25. The molecular weight excluding hydrogens is 523 g/mol. The number of nitrogens with zero attached hydrogens (tertiary/aromatic N) is 3. The maximum atomic E-state index is 13.7. The summed E-state index contributed by atoms with van der Waals surface area (Å²) in [6, 6.07) is 12.6. The van der Waals surface area contributed by atoms with Crippen LogP contribution < -0.4 is 9.62 Å². The normalized spacial score (nSPS) is 12.3. The summed E-state index contributed by atoms with van der Waals surface area (Å²) in [5, 5.41) is 3.58. The summed E-state index contributed by atoms with van der Waals surface area (Å²) < 4.78 is 28.4. The Labute approximate surface area is 224 Å². The van der Waals surface area contributed by atoms with E-state index in [9.17, 15) is 18.0 Å². The standard InChI is InChI=1S/C25H34Cl2N4O4S/c1-5-7-15-28-25(33)23(6-2)30(17-19-13-14-21(26)22(27)16-19)24(32)18-31(36(34,35)29(3)4)20-11-9-8-10-12-20/h8-14,16,23H,5-7,15,17-18H2,1-4H3,(H,28,33)/t23-/m0/s1. The minimum Gasteiger partial charge on any atom is -0.354 e. The van der Waals surface area contributed by atoms with Gasteiger partial charge in [-0.25, -0.2) is 4.31 Å². The number of anilines is 1. The van der Waals surface area contributed by atoms with Crippen LogP contribution in [0.4, 0.5) is 5.69 Å². The van der Waals surface area contributed by atoms with Gasteiger partial charge in [-0.15, -0.1) is 0 Å². The fourth-order valence-corrected chi connectivity index (χ4v) is 4.95. The van der Waals surface area contributed by atoms with Crippen molar-refractivity contribution in [2.45, 2.75) is 45.7 Å². The Hall–Kier alpha value is -2.33. The van der Waals surface area contributed by atoms with E-state index < -0.39 is 28.7 Å². The summed E-state index contributed by atoms with van der Waals surface area (Å²) >= 11 is 12.2. The second kappa shape index (κ2) is 13.8. The third-order valence-electron chi connectivity index (χ3n) is 5.62. The number of nitrogens with one attached hydrogen (secondary N) is 1. The van der Waals surface area contributed by atoms with Crippen molar-refractivity contribution in [2.24, 2.45) is 0 Å². The predicted molar refractivity (Wildman–Crippen MR) is 145 cm³/mol. The summed E-state index contributed by atoms with van der Waals surface area (Å²) in [5.41, 5.74) is 1.01.